The zero-order valence-electron chi connectivity index (χ0n) is 9.14. The zero-order chi connectivity index (χ0) is 11.1. The van der Waals surface area contributed by atoms with Crippen LogP contribution < -0.4 is 0 Å². The molecule has 0 saturated carbocycles. The Balaban J connectivity index is 2.32. The summed E-state index contributed by atoms with van der Waals surface area (Å²) in [5.41, 5.74) is 1.11. The summed E-state index contributed by atoms with van der Waals surface area (Å²) in [6.07, 6.45) is 3.78. The maximum absolute atomic E-state index is 11.1. The van der Waals surface area contributed by atoms with Gasteiger partial charge in [-0.15, -0.1) is 0 Å². The van der Waals surface area contributed by atoms with Crippen LogP contribution in [0.4, 0.5) is 0 Å². The van der Waals surface area contributed by atoms with Crippen molar-refractivity contribution >= 4 is 12.0 Å². The molecule has 0 unspecified atom stereocenters. The van der Waals surface area contributed by atoms with E-state index in [1.165, 1.54) is 0 Å². The number of ether oxygens (including phenoxy) is 1. The quantitative estimate of drug-likeness (QED) is 0.705. The molecular formula is C13H16O2. The van der Waals surface area contributed by atoms with Crippen LogP contribution >= 0.6 is 0 Å². The van der Waals surface area contributed by atoms with Crippen LogP contribution in [0.25, 0.3) is 6.08 Å². The van der Waals surface area contributed by atoms with Crippen molar-refractivity contribution < 1.29 is 9.53 Å². The summed E-state index contributed by atoms with van der Waals surface area (Å²) < 4.78 is 5.00. The average Bonchev–Trinajstić information content (AvgIpc) is 2.25. The largest absolute Gasteiger partial charge is 0.461 e. The molecule has 0 radical (unpaired) electrons. The molecule has 0 amide bonds. The summed E-state index contributed by atoms with van der Waals surface area (Å²) in [5.74, 6) is -0.220. The number of carbonyl (C=O) groups excluding carboxylic acids is 1. The third-order valence-corrected chi connectivity index (χ3v) is 1.90. The van der Waals surface area contributed by atoms with Crippen LogP contribution in [0.3, 0.4) is 0 Å². The van der Waals surface area contributed by atoms with Crippen LogP contribution in [0.2, 0.25) is 0 Å². The van der Waals surface area contributed by atoms with Gasteiger partial charge in [-0.2, -0.15) is 0 Å². The number of benzene rings is 1. The van der Waals surface area contributed by atoms with Gasteiger partial charge < -0.3 is 4.74 Å². The van der Waals surface area contributed by atoms with E-state index < -0.39 is 0 Å². The second-order valence-electron chi connectivity index (χ2n) is 3.60. The van der Waals surface area contributed by atoms with Crippen molar-refractivity contribution in [2.75, 3.05) is 6.61 Å². The number of hydrogen-bond acceptors (Lipinski definition) is 2. The highest BCUT2D eigenvalue weighted by molar-refractivity contribution is 5.71. The standard InChI is InChI=1S/C13H16O2/c1-11(2)13(14)15-10-6-9-12-7-4-3-5-8-12/h3-9,11H,10H2,1-2H3/b9-6-. The third kappa shape index (κ3) is 4.45. The maximum atomic E-state index is 11.1. The second-order valence-corrected chi connectivity index (χ2v) is 3.60. The third-order valence-electron chi connectivity index (χ3n) is 1.90. The van der Waals surface area contributed by atoms with Crippen molar-refractivity contribution in [3.63, 3.8) is 0 Å². The summed E-state index contributed by atoms with van der Waals surface area (Å²) in [4.78, 5) is 11.1. The highest BCUT2D eigenvalue weighted by Gasteiger charge is 2.05. The van der Waals surface area contributed by atoms with Crippen LogP contribution in [-0.2, 0) is 9.53 Å². The topological polar surface area (TPSA) is 26.3 Å². The number of rotatable bonds is 4. The minimum absolute atomic E-state index is 0.0601. The lowest BCUT2D eigenvalue weighted by atomic mass is 10.2. The first-order valence-electron chi connectivity index (χ1n) is 5.08. The van der Waals surface area contributed by atoms with E-state index in [9.17, 15) is 4.79 Å². The molecule has 1 rings (SSSR count). The molecule has 0 aromatic heterocycles. The molecule has 0 bridgehead atoms. The van der Waals surface area contributed by atoms with E-state index in [0.29, 0.717) is 6.61 Å². The van der Waals surface area contributed by atoms with Crippen molar-refractivity contribution in [2.45, 2.75) is 13.8 Å². The van der Waals surface area contributed by atoms with E-state index in [4.69, 9.17) is 4.74 Å². The van der Waals surface area contributed by atoms with Gasteiger partial charge in [0.2, 0.25) is 0 Å². The first-order chi connectivity index (χ1) is 7.20. The Morgan fingerprint density at radius 1 is 1.33 bits per heavy atom. The normalized spacial score (nSPS) is 10.9. The second kappa shape index (κ2) is 6.02. The molecule has 0 aliphatic carbocycles. The molecule has 15 heavy (non-hydrogen) atoms. The molecule has 0 atom stereocenters. The molecule has 0 saturated heterocycles. The van der Waals surface area contributed by atoms with Gasteiger partial charge >= 0.3 is 5.97 Å². The van der Waals surface area contributed by atoms with Crippen molar-refractivity contribution in [1.82, 2.24) is 0 Å². The monoisotopic (exact) mass is 204 g/mol. The average molecular weight is 204 g/mol. The molecule has 0 spiro atoms. The van der Waals surface area contributed by atoms with Crippen LogP contribution in [0.15, 0.2) is 36.4 Å². The maximum Gasteiger partial charge on any atom is 0.308 e. The van der Waals surface area contributed by atoms with Gasteiger partial charge in [0.05, 0.1) is 5.92 Å². The smallest absolute Gasteiger partial charge is 0.308 e. The molecule has 1 aromatic rings. The fourth-order valence-corrected chi connectivity index (χ4v) is 1.05. The molecule has 0 fully saturated rings. The molecule has 0 aliphatic heterocycles. The fourth-order valence-electron chi connectivity index (χ4n) is 1.05. The Morgan fingerprint density at radius 2 is 2.00 bits per heavy atom. The van der Waals surface area contributed by atoms with E-state index in [1.54, 1.807) is 0 Å². The predicted octanol–water partition coefficient (Wildman–Crippen LogP) is 2.90. The zero-order valence-corrected chi connectivity index (χ0v) is 9.14. The Kier molecular flexibility index (Phi) is 4.61. The van der Waals surface area contributed by atoms with Crippen molar-refractivity contribution in [3.8, 4) is 0 Å². The van der Waals surface area contributed by atoms with Gasteiger partial charge in [-0.05, 0) is 11.6 Å². The van der Waals surface area contributed by atoms with Crippen molar-refractivity contribution in [1.29, 1.82) is 0 Å². The molecule has 2 nitrogen and oxygen atoms in total. The first-order valence-corrected chi connectivity index (χ1v) is 5.08. The summed E-state index contributed by atoms with van der Waals surface area (Å²) in [6.45, 7) is 3.98. The van der Waals surface area contributed by atoms with Gasteiger partial charge in [-0.1, -0.05) is 50.3 Å². The van der Waals surface area contributed by atoms with Crippen LogP contribution in [-0.4, -0.2) is 12.6 Å². The minimum atomic E-state index is -0.160. The van der Waals surface area contributed by atoms with Crippen LogP contribution in [0.5, 0.6) is 0 Å². The van der Waals surface area contributed by atoms with E-state index in [-0.39, 0.29) is 11.9 Å². The highest BCUT2D eigenvalue weighted by Crippen LogP contribution is 2.01. The van der Waals surface area contributed by atoms with Gasteiger partial charge in [0, 0.05) is 0 Å². The molecular weight excluding hydrogens is 188 g/mol. The van der Waals surface area contributed by atoms with E-state index in [2.05, 4.69) is 0 Å². The Hall–Kier alpha value is -1.57. The van der Waals surface area contributed by atoms with Crippen molar-refractivity contribution in [3.05, 3.63) is 42.0 Å². The number of carbonyl (C=O) groups is 1. The lowest BCUT2D eigenvalue weighted by Gasteiger charge is -2.03. The highest BCUT2D eigenvalue weighted by atomic mass is 16.5. The summed E-state index contributed by atoms with van der Waals surface area (Å²) >= 11 is 0. The molecule has 1 aromatic carbocycles. The van der Waals surface area contributed by atoms with E-state index in [0.717, 1.165) is 5.56 Å². The predicted molar refractivity (Wildman–Crippen MR) is 61.3 cm³/mol. The molecule has 0 N–H and O–H groups in total. The fraction of sp³-hybridized carbons (Fsp3) is 0.308. The Labute approximate surface area is 90.6 Å². The van der Waals surface area contributed by atoms with E-state index in [1.807, 2.05) is 56.3 Å². The molecule has 80 valence electrons. The lowest BCUT2D eigenvalue weighted by molar-refractivity contribution is -0.145. The van der Waals surface area contributed by atoms with Gasteiger partial charge in [0.15, 0.2) is 0 Å². The van der Waals surface area contributed by atoms with Crippen LogP contribution in [0, 0.1) is 5.92 Å². The summed E-state index contributed by atoms with van der Waals surface area (Å²) in [5, 5.41) is 0. The summed E-state index contributed by atoms with van der Waals surface area (Å²) in [7, 11) is 0. The SMILES string of the molecule is CC(C)C(=O)OC/C=C\c1ccccc1. The Bertz CT molecular complexity index is 326. The van der Waals surface area contributed by atoms with Crippen molar-refractivity contribution in [2.24, 2.45) is 5.92 Å². The molecule has 2 heteroatoms. The van der Waals surface area contributed by atoms with Crippen LogP contribution in [0.1, 0.15) is 19.4 Å². The molecule has 0 aliphatic rings. The van der Waals surface area contributed by atoms with Gasteiger partial charge in [0.1, 0.15) is 6.61 Å². The van der Waals surface area contributed by atoms with Gasteiger partial charge in [-0.25, -0.2) is 0 Å². The first kappa shape index (κ1) is 11.5. The van der Waals surface area contributed by atoms with Gasteiger partial charge in [0.25, 0.3) is 0 Å². The van der Waals surface area contributed by atoms with E-state index >= 15 is 0 Å². The summed E-state index contributed by atoms with van der Waals surface area (Å²) in [6, 6.07) is 9.91. The Morgan fingerprint density at radius 3 is 2.60 bits per heavy atom. The lowest BCUT2D eigenvalue weighted by Crippen LogP contribution is -2.11. The number of hydrogen-bond donors (Lipinski definition) is 0. The minimum Gasteiger partial charge on any atom is -0.461 e. The van der Waals surface area contributed by atoms with Gasteiger partial charge in [-0.3, -0.25) is 4.79 Å². The number of esters is 1. The molecule has 0 heterocycles.